The van der Waals surface area contributed by atoms with Crippen molar-refractivity contribution in [2.45, 2.75) is 19.6 Å². The third kappa shape index (κ3) is 5.11. The number of benzene rings is 2. The lowest BCUT2D eigenvalue weighted by atomic mass is 10.2. The van der Waals surface area contributed by atoms with Crippen LogP contribution < -0.4 is 15.0 Å². The third-order valence-corrected chi connectivity index (χ3v) is 5.10. The van der Waals surface area contributed by atoms with E-state index in [4.69, 9.17) is 11.6 Å². The molecule has 8 heteroatoms. The van der Waals surface area contributed by atoms with Gasteiger partial charge in [0.25, 0.3) is 0 Å². The summed E-state index contributed by atoms with van der Waals surface area (Å²) in [5.41, 5.74) is 1.54. The Labute approximate surface area is 167 Å². The molecule has 2 aromatic rings. The van der Waals surface area contributed by atoms with E-state index < -0.39 is 6.61 Å². The Morgan fingerprint density at radius 1 is 1.07 bits per heavy atom. The largest absolute Gasteiger partial charge is 0.435 e. The summed E-state index contributed by atoms with van der Waals surface area (Å²) in [4.78, 5) is 16.9. The maximum absolute atomic E-state index is 12.5. The summed E-state index contributed by atoms with van der Waals surface area (Å²) in [7, 11) is 0. The van der Waals surface area contributed by atoms with Crippen LogP contribution in [0.5, 0.6) is 5.75 Å². The molecule has 1 fully saturated rings. The van der Waals surface area contributed by atoms with Crippen LogP contribution in [-0.4, -0.2) is 49.6 Å². The fourth-order valence-corrected chi connectivity index (χ4v) is 3.45. The van der Waals surface area contributed by atoms with Gasteiger partial charge in [-0.05, 0) is 43.3 Å². The van der Waals surface area contributed by atoms with E-state index in [1.54, 1.807) is 0 Å². The van der Waals surface area contributed by atoms with E-state index >= 15 is 0 Å². The van der Waals surface area contributed by atoms with Crippen LogP contribution in [0.1, 0.15) is 6.92 Å². The van der Waals surface area contributed by atoms with Crippen LogP contribution in [0.25, 0.3) is 0 Å². The Kier molecular flexibility index (Phi) is 6.70. The van der Waals surface area contributed by atoms with Crippen LogP contribution in [-0.2, 0) is 4.79 Å². The van der Waals surface area contributed by atoms with Crippen molar-refractivity contribution in [1.29, 1.82) is 0 Å². The van der Waals surface area contributed by atoms with E-state index in [-0.39, 0.29) is 17.7 Å². The lowest BCUT2D eigenvalue weighted by molar-refractivity contribution is -0.120. The molecule has 0 aliphatic carbocycles. The normalized spacial score (nSPS) is 16.1. The first-order valence-electron chi connectivity index (χ1n) is 9.03. The zero-order valence-corrected chi connectivity index (χ0v) is 16.2. The molecule has 1 N–H and O–H groups in total. The SMILES string of the molecule is CC(C(=O)Nc1ccc(OC(F)F)cc1)N1CCN(c2ccccc2Cl)CC1. The van der Waals surface area contributed by atoms with Gasteiger partial charge in [0.2, 0.25) is 5.91 Å². The Balaban J connectivity index is 1.52. The van der Waals surface area contributed by atoms with Crippen LogP contribution in [0, 0.1) is 0 Å². The molecule has 0 bridgehead atoms. The van der Waals surface area contributed by atoms with Crippen molar-refractivity contribution in [1.82, 2.24) is 4.90 Å². The number of carbonyl (C=O) groups excluding carboxylic acids is 1. The van der Waals surface area contributed by atoms with Gasteiger partial charge in [-0.15, -0.1) is 0 Å². The molecule has 1 aliphatic rings. The number of hydrogen-bond acceptors (Lipinski definition) is 4. The van der Waals surface area contributed by atoms with Crippen LogP contribution in [0.15, 0.2) is 48.5 Å². The van der Waals surface area contributed by atoms with Crippen LogP contribution in [0.4, 0.5) is 20.2 Å². The molecule has 1 atom stereocenters. The quantitative estimate of drug-likeness (QED) is 0.780. The fourth-order valence-electron chi connectivity index (χ4n) is 3.19. The second-order valence-corrected chi connectivity index (χ2v) is 6.95. The number of amides is 1. The summed E-state index contributed by atoms with van der Waals surface area (Å²) in [6, 6.07) is 13.3. The number of anilines is 2. The average molecular weight is 410 g/mol. The molecule has 2 aromatic carbocycles. The highest BCUT2D eigenvalue weighted by Crippen LogP contribution is 2.26. The minimum atomic E-state index is -2.87. The molecular weight excluding hydrogens is 388 g/mol. The zero-order valence-electron chi connectivity index (χ0n) is 15.4. The molecular formula is C20H22ClF2N3O2. The molecule has 0 spiro atoms. The van der Waals surface area contributed by atoms with Gasteiger partial charge >= 0.3 is 6.61 Å². The molecule has 1 heterocycles. The number of nitrogens with zero attached hydrogens (tertiary/aromatic N) is 2. The van der Waals surface area contributed by atoms with Crippen molar-refractivity contribution in [2.75, 3.05) is 36.4 Å². The summed E-state index contributed by atoms with van der Waals surface area (Å²) in [5, 5.41) is 3.54. The summed E-state index contributed by atoms with van der Waals surface area (Å²) >= 11 is 6.27. The number of carbonyl (C=O) groups is 1. The van der Waals surface area contributed by atoms with Crippen LogP contribution in [0.2, 0.25) is 5.02 Å². The van der Waals surface area contributed by atoms with Crippen molar-refractivity contribution < 1.29 is 18.3 Å². The predicted octanol–water partition coefficient (Wildman–Crippen LogP) is 4.09. The lowest BCUT2D eigenvalue weighted by Crippen LogP contribution is -2.52. The minimum absolute atomic E-state index is 0.0525. The number of halogens is 3. The van der Waals surface area contributed by atoms with Gasteiger partial charge < -0.3 is 15.0 Å². The number of hydrogen-bond donors (Lipinski definition) is 1. The molecule has 0 saturated carbocycles. The van der Waals surface area contributed by atoms with Gasteiger partial charge in [-0.2, -0.15) is 8.78 Å². The van der Waals surface area contributed by atoms with E-state index in [2.05, 4.69) is 19.9 Å². The molecule has 28 heavy (non-hydrogen) atoms. The maximum atomic E-state index is 12.5. The van der Waals surface area contributed by atoms with E-state index in [0.29, 0.717) is 5.69 Å². The number of alkyl halides is 2. The highest BCUT2D eigenvalue weighted by molar-refractivity contribution is 6.33. The van der Waals surface area contributed by atoms with Crippen molar-refractivity contribution in [3.8, 4) is 5.75 Å². The van der Waals surface area contributed by atoms with E-state index in [1.807, 2.05) is 31.2 Å². The number of piperazine rings is 1. The minimum Gasteiger partial charge on any atom is -0.435 e. The zero-order chi connectivity index (χ0) is 20.1. The fraction of sp³-hybridized carbons (Fsp3) is 0.350. The molecule has 1 amide bonds. The van der Waals surface area contributed by atoms with Gasteiger partial charge in [0.1, 0.15) is 5.75 Å². The first-order chi connectivity index (χ1) is 13.4. The highest BCUT2D eigenvalue weighted by Gasteiger charge is 2.26. The summed E-state index contributed by atoms with van der Waals surface area (Å²) in [6.07, 6.45) is 0. The van der Waals surface area contributed by atoms with Gasteiger partial charge in [-0.3, -0.25) is 9.69 Å². The van der Waals surface area contributed by atoms with E-state index in [0.717, 1.165) is 36.9 Å². The highest BCUT2D eigenvalue weighted by atomic mass is 35.5. The predicted molar refractivity (Wildman–Crippen MR) is 106 cm³/mol. The number of rotatable bonds is 6. The summed E-state index contributed by atoms with van der Waals surface area (Å²) in [6.45, 7) is 2.02. The van der Waals surface area contributed by atoms with Gasteiger partial charge in [-0.1, -0.05) is 23.7 Å². The third-order valence-electron chi connectivity index (χ3n) is 4.78. The Hall–Kier alpha value is -2.38. The van der Waals surface area contributed by atoms with Crippen LogP contribution in [0.3, 0.4) is 0 Å². The molecule has 1 unspecified atom stereocenters. The van der Waals surface area contributed by atoms with Crippen LogP contribution >= 0.6 is 11.6 Å². The Morgan fingerprint density at radius 3 is 2.32 bits per heavy atom. The average Bonchev–Trinajstić information content (AvgIpc) is 2.69. The Bertz CT molecular complexity index is 796. The van der Waals surface area contributed by atoms with Crippen molar-refractivity contribution in [2.24, 2.45) is 0 Å². The summed E-state index contributed by atoms with van der Waals surface area (Å²) in [5.74, 6) is -0.0922. The molecule has 0 radical (unpaired) electrons. The van der Waals surface area contributed by atoms with Gasteiger partial charge in [0, 0.05) is 31.9 Å². The lowest BCUT2D eigenvalue weighted by Gasteiger charge is -2.38. The standard InChI is InChI=1S/C20H22ClF2N3O2/c1-14(19(27)24-15-6-8-16(9-7-15)28-20(22)23)25-10-12-26(13-11-25)18-5-3-2-4-17(18)21/h2-9,14,20H,10-13H2,1H3,(H,24,27). The molecule has 5 nitrogen and oxygen atoms in total. The summed E-state index contributed by atoms with van der Waals surface area (Å²) < 4.78 is 28.7. The van der Waals surface area contributed by atoms with E-state index in [1.165, 1.54) is 24.3 Å². The first kappa shape index (κ1) is 20.4. The molecule has 3 rings (SSSR count). The second-order valence-electron chi connectivity index (χ2n) is 6.54. The molecule has 1 saturated heterocycles. The smallest absolute Gasteiger partial charge is 0.387 e. The topological polar surface area (TPSA) is 44.8 Å². The maximum Gasteiger partial charge on any atom is 0.387 e. The molecule has 1 aliphatic heterocycles. The number of para-hydroxylation sites is 1. The van der Waals surface area contributed by atoms with Crippen molar-refractivity contribution >= 4 is 28.9 Å². The van der Waals surface area contributed by atoms with Gasteiger partial charge in [-0.25, -0.2) is 0 Å². The Morgan fingerprint density at radius 2 is 1.71 bits per heavy atom. The molecule has 0 aromatic heterocycles. The van der Waals surface area contributed by atoms with Crippen molar-refractivity contribution in [3.63, 3.8) is 0 Å². The van der Waals surface area contributed by atoms with E-state index in [9.17, 15) is 13.6 Å². The number of nitrogens with one attached hydrogen (secondary N) is 1. The van der Waals surface area contributed by atoms with Gasteiger partial charge in [0.05, 0.1) is 16.8 Å². The monoisotopic (exact) mass is 409 g/mol. The number of ether oxygens (including phenoxy) is 1. The van der Waals surface area contributed by atoms with Gasteiger partial charge in [0.15, 0.2) is 0 Å². The van der Waals surface area contributed by atoms with Crippen molar-refractivity contribution in [3.05, 3.63) is 53.6 Å². The molecule has 150 valence electrons. The first-order valence-corrected chi connectivity index (χ1v) is 9.41. The second kappa shape index (κ2) is 9.21.